The van der Waals surface area contributed by atoms with Crippen molar-refractivity contribution in [3.63, 3.8) is 0 Å². The van der Waals surface area contributed by atoms with Gasteiger partial charge in [0.2, 0.25) is 0 Å². The molecule has 1 aromatic carbocycles. The normalized spacial score (nSPS) is 18.6. The number of hydrogen-bond acceptors (Lipinski definition) is 3. The van der Waals surface area contributed by atoms with Gasteiger partial charge in [-0.15, -0.1) is 11.8 Å². The SMILES string of the molecule is NCC1(Sc2ccc(Cl)c(Cl)c2)COC1. The number of nitrogens with two attached hydrogens (primary N) is 1. The quantitative estimate of drug-likeness (QED) is 0.911. The molecule has 1 heterocycles. The van der Waals surface area contributed by atoms with Gasteiger partial charge in [-0.2, -0.15) is 0 Å². The van der Waals surface area contributed by atoms with E-state index in [4.69, 9.17) is 33.7 Å². The van der Waals surface area contributed by atoms with E-state index in [0.717, 1.165) is 4.90 Å². The van der Waals surface area contributed by atoms with E-state index in [0.29, 0.717) is 29.8 Å². The van der Waals surface area contributed by atoms with Crippen LogP contribution in [0.3, 0.4) is 0 Å². The van der Waals surface area contributed by atoms with E-state index in [1.807, 2.05) is 12.1 Å². The summed E-state index contributed by atoms with van der Waals surface area (Å²) in [5.74, 6) is 0. The standard InChI is InChI=1S/C10H11Cl2NOS/c11-8-2-1-7(3-9(8)12)15-10(4-13)5-14-6-10/h1-3H,4-6,13H2. The van der Waals surface area contributed by atoms with Gasteiger partial charge in [0.1, 0.15) is 0 Å². The van der Waals surface area contributed by atoms with Gasteiger partial charge in [0.15, 0.2) is 0 Å². The van der Waals surface area contributed by atoms with Crippen LogP contribution < -0.4 is 5.73 Å². The fraction of sp³-hybridized carbons (Fsp3) is 0.400. The van der Waals surface area contributed by atoms with Gasteiger partial charge in [-0.3, -0.25) is 0 Å². The van der Waals surface area contributed by atoms with Gasteiger partial charge >= 0.3 is 0 Å². The fourth-order valence-electron chi connectivity index (χ4n) is 1.34. The Bertz CT molecular complexity index is 363. The van der Waals surface area contributed by atoms with Gasteiger partial charge in [0, 0.05) is 11.4 Å². The molecule has 1 fully saturated rings. The van der Waals surface area contributed by atoms with E-state index in [9.17, 15) is 0 Å². The van der Waals surface area contributed by atoms with Crippen LogP contribution in [0.25, 0.3) is 0 Å². The van der Waals surface area contributed by atoms with Crippen molar-refractivity contribution in [2.45, 2.75) is 9.64 Å². The monoisotopic (exact) mass is 263 g/mol. The Kier molecular flexibility index (Phi) is 3.48. The lowest BCUT2D eigenvalue weighted by molar-refractivity contribution is -0.00434. The molecule has 2 nitrogen and oxygen atoms in total. The summed E-state index contributed by atoms with van der Waals surface area (Å²) in [4.78, 5) is 1.08. The lowest BCUT2D eigenvalue weighted by atomic mass is 10.1. The fourth-order valence-corrected chi connectivity index (χ4v) is 2.88. The Morgan fingerprint density at radius 3 is 2.53 bits per heavy atom. The van der Waals surface area contributed by atoms with Crippen LogP contribution in [0.5, 0.6) is 0 Å². The maximum absolute atomic E-state index is 5.94. The lowest BCUT2D eigenvalue weighted by Crippen LogP contribution is -2.52. The van der Waals surface area contributed by atoms with E-state index in [-0.39, 0.29) is 4.75 Å². The predicted octanol–water partition coefficient (Wildman–Crippen LogP) is 2.81. The first-order valence-electron chi connectivity index (χ1n) is 4.57. The molecule has 1 aliphatic rings. The first kappa shape index (κ1) is 11.6. The largest absolute Gasteiger partial charge is 0.378 e. The molecule has 0 spiro atoms. The van der Waals surface area contributed by atoms with E-state index < -0.39 is 0 Å². The second-order valence-corrected chi connectivity index (χ2v) is 5.91. The van der Waals surface area contributed by atoms with Crippen molar-refractivity contribution in [2.75, 3.05) is 19.8 Å². The van der Waals surface area contributed by atoms with Crippen molar-refractivity contribution in [3.8, 4) is 0 Å². The molecule has 0 radical (unpaired) electrons. The van der Waals surface area contributed by atoms with Gasteiger partial charge < -0.3 is 10.5 Å². The van der Waals surface area contributed by atoms with Crippen LogP contribution in [0.15, 0.2) is 23.1 Å². The maximum atomic E-state index is 5.94. The average molecular weight is 264 g/mol. The van der Waals surface area contributed by atoms with Gasteiger partial charge in [-0.25, -0.2) is 0 Å². The highest BCUT2D eigenvalue weighted by Gasteiger charge is 2.38. The van der Waals surface area contributed by atoms with Crippen molar-refractivity contribution in [3.05, 3.63) is 28.2 Å². The summed E-state index contributed by atoms with van der Waals surface area (Å²) in [6.07, 6.45) is 0. The molecule has 1 aromatic rings. The van der Waals surface area contributed by atoms with Crippen molar-refractivity contribution < 1.29 is 4.74 Å². The number of benzene rings is 1. The smallest absolute Gasteiger partial charge is 0.0794 e. The van der Waals surface area contributed by atoms with Gasteiger partial charge in [-0.05, 0) is 18.2 Å². The van der Waals surface area contributed by atoms with Crippen LogP contribution in [0.2, 0.25) is 10.0 Å². The minimum Gasteiger partial charge on any atom is -0.378 e. The van der Waals surface area contributed by atoms with Gasteiger partial charge in [-0.1, -0.05) is 23.2 Å². The van der Waals surface area contributed by atoms with Crippen LogP contribution >= 0.6 is 35.0 Å². The number of rotatable bonds is 3. The number of thioether (sulfide) groups is 1. The minimum atomic E-state index is 0.0250. The summed E-state index contributed by atoms with van der Waals surface area (Å²) >= 11 is 13.5. The Morgan fingerprint density at radius 1 is 1.33 bits per heavy atom. The molecule has 0 bridgehead atoms. The van der Waals surface area contributed by atoms with Gasteiger partial charge in [0.05, 0.1) is 28.0 Å². The topological polar surface area (TPSA) is 35.2 Å². The van der Waals surface area contributed by atoms with Crippen LogP contribution in [-0.2, 0) is 4.74 Å². The molecule has 0 saturated carbocycles. The zero-order valence-corrected chi connectivity index (χ0v) is 10.3. The minimum absolute atomic E-state index is 0.0250. The predicted molar refractivity (Wildman–Crippen MR) is 64.9 cm³/mol. The summed E-state index contributed by atoms with van der Waals surface area (Å²) in [7, 11) is 0. The second kappa shape index (κ2) is 4.52. The zero-order chi connectivity index (χ0) is 10.9. The highest BCUT2D eigenvalue weighted by Crippen LogP contribution is 2.39. The van der Waals surface area contributed by atoms with E-state index in [2.05, 4.69) is 0 Å². The van der Waals surface area contributed by atoms with E-state index >= 15 is 0 Å². The first-order valence-corrected chi connectivity index (χ1v) is 6.14. The van der Waals surface area contributed by atoms with Crippen molar-refractivity contribution >= 4 is 35.0 Å². The number of ether oxygens (including phenoxy) is 1. The molecule has 0 unspecified atom stereocenters. The maximum Gasteiger partial charge on any atom is 0.0794 e. The molecular formula is C10H11Cl2NOS. The highest BCUT2D eigenvalue weighted by molar-refractivity contribution is 8.00. The molecule has 0 aromatic heterocycles. The van der Waals surface area contributed by atoms with Crippen molar-refractivity contribution in [2.24, 2.45) is 5.73 Å². The summed E-state index contributed by atoms with van der Waals surface area (Å²) in [5.41, 5.74) is 5.72. The molecule has 82 valence electrons. The third-order valence-electron chi connectivity index (χ3n) is 2.33. The Hall–Kier alpha value is 0.0700. The third-order valence-corrected chi connectivity index (χ3v) is 4.39. The number of halogens is 2. The van der Waals surface area contributed by atoms with Crippen LogP contribution in [0.1, 0.15) is 0 Å². The van der Waals surface area contributed by atoms with E-state index in [1.54, 1.807) is 17.8 Å². The summed E-state index contributed by atoms with van der Waals surface area (Å²) in [5, 5.41) is 1.15. The Labute approximate surface area is 103 Å². The molecule has 15 heavy (non-hydrogen) atoms. The van der Waals surface area contributed by atoms with Crippen LogP contribution in [-0.4, -0.2) is 24.5 Å². The van der Waals surface area contributed by atoms with Crippen molar-refractivity contribution in [1.82, 2.24) is 0 Å². The average Bonchev–Trinajstić information content (AvgIpc) is 2.17. The lowest BCUT2D eigenvalue weighted by Gasteiger charge is -2.39. The Morgan fingerprint density at radius 2 is 2.07 bits per heavy atom. The van der Waals surface area contributed by atoms with Crippen molar-refractivity contribution in [1.29, 1.82) is 0 Å². The van der Waals surface area contributed by atoms with Crippen LogP contribution in [0, 0.1) is 0 Å². The molecule has 2 rings (SSSR count). The summed E-state index contributed by atoms with van der Waals surface area (Å²) in [6.45, 7) is 2.01. The zero-order valence-electron chi connectivity index (χ0n) is 8.00. The Balaban J connectivity index is 2.13. The van der Waals surface area contributed by atoms with E-state index in [1.165, 1.54) is 0 Å². The molecular weight excluding hydrogens is 253 g/mol. The third kappa shape index (κ3) is 2.43. The molecule has 0 atom stereocenters. The second-order valence-electron chi connectivity index (χ2n) is 3.56. The van der Waals surface area contributed by atoms with Crippen LogP contribution in [0.4, 0.5) is 0 Å². The van der Waals surface area contributed by atoms with Gasteiger partial charge in [0.25, 0.3) is 0 Å². The molecule has 5 heteroatoms. The molecule has 1 aliphatic heterocycles. The number of hydrogen-bond donors (Lipinski definition) is 1. The summed E-state index contributed by atoms with van der Waals surface area (Å²) < 4.78 is 5.22. The summed E-state index contributed by atoms with van der Waals surface area (Å²) in [6, 6.07) is 5.62. The molecule has 2 N–H and O–H groups in total. The molecule has 0 amide bonds. The highest BCUT2D eigenvalue weighted by atomic mass is 35.5. The molecule has 0 aliphatic carbocycles. The first-order chi connectivity index (χ1) is 7.15. The molecule has 1 saturated heterocycles.